The first kappa shape index (κ1) is 13.1. The topological polar surface area (TPSA) is 131 Å². The Balaban J connectivity index is 1.93. The Morgan fingerprint density at radius 2 is 2.10 bits per heavy atom. The highest BCUT2D eigenvalue weighted by Gasteiger charge is 2.37. The molecule has 0 spiro atoms. The number of anilines is 1. The SMILES string of the molecule is Nc1nc2c(CN3[C@H](CO)C[C@@H]3CO)c[nH]c2c(=O)[nH]1. The van der Waals surface area contributed by atoms with Crippen molar-refractivity contribution < 1.29 is 10.2 Å². The third-order valence-electron chi connectivity index (χ3n) is 3.89. The number of likely N-dealkylation sites (tertiary alicyclic amines) is 1. The van der Waals surface area contributed by atoms with Crippen LogP contribution in [0.3, 0.4) is 0 Å². The highest BCUT2D eigenvalue weighted by atomic mass is 16.3. The van der Waals surface area contributed by atoms with Gasteiger partial charge in [0.1, 0.15) is 11.0 Å². The monoisotopic (exact) mass is 279 g/mol. The van der Waals surface area contributed by atoms with E-state index in [-0.39, 0.29) is 36.8 Å². The molecule has 2 aromatic heterocycles. The first-order chi connectivity index (χ1) is 9.63. The summed E-state index contributed by atoms with van der Waals surface area (Å²) in [6, 6.07) is 0.0767. The molecule has 0 aliphatic carbocycles. The van der Waals surface area contributed by atoms with E-state index in [4.69, 9.17) is 5.73 Å². The van der Waals surface area contributed by atoms with Crippen molar-refractivity contribution in [2.24, 2.45) is 0 Å². The number of rotatable bonds is 4. The van der Waals surface area contributed by atoms with Crippen LogP contribution in [0.2, 0.25) is 0 Å². The van der Waals surface area contributed by atoms with Gasteiger partial charge in [0.05, 0.1) is 13.2 Å². The Hall–Kier alpha value is -1.90. The molecule has 2 atom stereocenters. The van der Waals surface area contributed by atoms with Gasteiger partial charge in [-0.05, 0) is 6.42 Å². The minimum absolute atomic E-state index is 0.0384. The number of aromatic nitrogens is 3. The lowest BCUT2D eigenvalue weighted by Crippen LogP contribution is -2.58. The molecule has 3 rings (SSSR count). The second-order valence-corrected chi connectivity index (χ2v) is 5.07. The van der Waals surface area contributed by atoms with Crippen LogP contribution in [0.4, 0.5) is 5.95 Å². The Kier molecular flexibility index (Phi) is 3.20. The molecule has 1 aliphatic heterocycles. The van der Waals surface area contributed by atoms with Crippen LogP contribution in [0.25, 0.3) is 11.0 Å². The van der Waals surface area contributed by atoms with E-state index in [1.807, 2.05) is 4.90 Å². The number of fused-ring (bicyclic) bond motifs is 1. The Morgan fingerprint density at radius 3 is 2.75 bits per heavy atom. The summed E-state index contributed by atoms with van der Waals surface area (Å²) in [7, 11) is 0. The van der Waals surface area contributed by atoms with Gasteiger partial charge in [-0.2, -0.15) is 0 Å². The maximum Gasteiger partial charge on any atom is 0.276 e. The van der Waals surface area contributed by atoms with Crippen molar-refractivity contribution in [3.63, 3.8) is 0 Å². The zero-order valence-electron chi connectivity index (χ0n) is 10.8. The maximum atomic E-state index is 11.7. The van der Waals surface area contributed by atoms with Crippen LogP contribution in [0.15, 0.2) is 11.0 Å². The van der Waals surface area contributed by atoms with Crippen molar-refractivity contribution in [1.82, 2.24) is 19.9 Å². The van der Waals surface area contributed by atoms with Crippen LogP contribution in [-0.4, -0.2) is 55.4 Å². The number of nitrogens with two attached hydrogens (primary N) is 1. The van der Waals surface area contributed by atoms with E-state index in [0.717, 1.165) is 12.0 Å². The zero-order valence-corrected chi connectivity index (χ0v) is 10.8. The molecule has 0 amide bonds. The quantitative estimate of drug-likeness (QED) is 0.476. The molecule has 0 radical (unpaired) electrons. The highest BCUT2D eigenvalue weighted by Crippen LogP contribution is 2.28. The maximum absolute atomic E-state index is 11.7. The molecule has 20 heavy (non-hydrogen) atoms. The second-order valence-electron chi connectivity index (χ2n) is 5.07. The molecule has 8 heteroatoms. The fourth-order valence-electron chi connectivity index (χ4n) is 2.76. The number of hydrogen-bond acceptors (Lipinski definition) is 6. The summed E-state index contributed by atoms with van der Waals surface area (Å²) in [5.74, 6) is 0.0735. The zero-order chi connectivity index (χ0) is 14.3. The molecule has 0 bridgehead atoms. The molecule has 3 heterocycles. The molecule has 108 valence electrons. The molecule has 1 saturated heterocycles. The number of hydrogen-bond donors (Lipinski definition) is 5. The predicted molar refractivity (Wildman–Crippen MR) is 73.0 cm³/mol. The number of nitrogen functional groups attached to an aromatic ring is 1. The number of aliphatic hydroxyl groups excluding tert-OH is 2. The average molecular weight is 279 g/mol. The lowest BCUT2D eigenvalue weighted by atomic mass is 9.93. The fourth-order valence-corrected chi connectivity index (χ4v) is 2.76. The minimum Gasteiger partial charge on any atom is -0.395 e. The van der Waals surface area contributed by atoms with Gasteiger partial charge in [0.2, 0.25) is 5.95 Å². The largest absolute Gasteiger partial charge is 0.395 e. The number of nitrogens with one attached hydrogen (secondary N) is 2. The second kappa shape index (κ2) is 4.89. The number of H-pyrrole nitrogens is 2. The van der Waals surface area contributed by atoms with E-state index in [0.29, 0.717) is 17.6 Å². The molecule has 1 aliphatic rings. The van der Waals surface area contributed by atoms with Gasteiger partial charge in [-0.15, -0.1) is 0 Å². The van der Waals surface area contributed by atoms with Gasteiger partial charge in [0, 0.05) is 30.4 Å². The third-order valence-corrected chi connectivity index (χ3v) is 3.89. The van der Waals surface area contributed by atoms with Crippen LogP contribution in [0.5, 0.6) is 0 Å². The van der Waals surface area contributed by atoms with Crippen LogP contribution in [0.1, 0.15) is 12.0 Å². The van der Waals surface area contributed by atoms with Gasteiger partial charge in [0.25, 0.3) is 5.56 Å². The van der Waals surface area contributed by atoms with Crippen LogP contribution in [0, 0.1) is 0 Å². The van der Waals surface area contributed by atoms with Crippen molar-refractivity contribution in [2.75, 3.05) is 18.9 Å². The van der Waals surface area contributed by atoms with Gasteiger partial charge in [0.15, 0.2) is 0 Å². The molecular formula is C12H17N5O3. The highest BCUT2D eigenvalue weighted by molar-refractivity contribution is 5.78. The standard InChI is InChI=1S/C12H17N5O3/c13-12-15-9-6(2-14-10(9)11(20)16-12)3-17-7(4-18)1-8(17)5-19/h2,7-8,14,18-19H,1,3-5H2,(H3,13,15,16,20)/t7-,8+. The summed E-state index contributed by atoms with van der Waals surface area (Å²) < 4.78 is 0. The summed E-state index contributed by atoms with van der Waals surface area (Å²) in [5.41, 5.74) is 7.00. The summed E-state index contributed by atoms with van der Waals surface area (Å²) in [5, 5.41) is 18.6. The molecule has 0 unspecified atom stereocenters. The van der Waals surface area contributed by atoms with Gasteiger partial charge < -0.3 is 20.9 Å². The molecule has 6 N–H and O–H groups in total. The summed E-state index contributed by atoms with van der Waals surface area (Å²) in [6.07, 6.45) is 2.49. The van der Waals surface area contributed by atoms with Crippen molar-refractivity contribution in [3.05, 3.63) is 22.1 Å². The van der Waals surface area contributed by atoms with Gasteiger partial charge >= 0.3 is 0 Å². The minimum atomic E-state index is -0.306. The van der Waals surface area contributed by atoms with Crippen LogP contribution < -0.4 is 11.3 Å². The molecule has 1 fully saturated rings. The van der Waals surface area contributed by atoms with Crippen LogP contribution in [-0.2, 0) is 6.54 Å². The van der Waals surface area contributed by atoms with Gasteiger partial charge in [-0.3, -0.25) is 14.7 Å². The Morgan fingerprint density at radius 1 is 1.40 bits per heavy atom. The predicted octanol–water partition coefficient (Wildman–Crippen LogP) is -1.24. The van der Waals surface area contributed by atoms with Crippen molar-refractivity contribution >= 4 is 17.0 Å². The van der Waals surface area contributed by atoms with Crippen molar-refractivity contribution in [2.45, 2.75) is 25.0 Å². The number of aliphatic hydroxyl groups is 2. The first-order valence-electron chi connectivity index (χ1n) is 6.47. The molecule has 8 nitrogen and oxygen atoms in total. The molecule has 0 saturated carbocycles. The average Bonchev–Trinajstić information content (AvgIpc) is 2.79. The van der Waals surface area contributed by atoms with E-state index in [1.54, 1.807) is 6.20 Å². The summed E-state index contributed by atoms with van der Waals surface area (Å²) in [4.78, 5) is 23.2. The first-order valence-corrected chi connectivity index (χ1v) is 6.47. The van der Waals surface area contributed by atoms with Crippen molar-refractivity contribution in [3.8, 4) is 0 Å². The van der Waals surface area contributed by atoms with E-state index < -0.39 is 0 Å². The van der Waals surface area contributed by atoms with E-state index >= 15 is 0 Å². The third kappa shape index (κ3) is 1.98. The normalized spacial score (nSPS) is 23.1. The van der Waals surface area contributed by atoms with Gasteiger partial charge in [-0.25, -0.2) is 4.98 Å². The smallest absolute Gasteiger partial charge is 0.276 e. The number of aromatic amines is 2. The lowest BCUT2D eigenvalue weighted by Gasteiger charge is -2.47. The van der Waals surface area contributed by atoms with E-state index in [1.165, 1.54) is 0 Å². The van der Waals surface area contributed by atoms with E-state index in [9.17, 15) is 15.0 Å². The van der Waals surface area contributed by atoms with Crippen LogP contribution >= 0.6 is 0 Å². The Bertz CT molecular complexity index is 669. The Labute approximate surface area is 114 Å². The molecule has 0 aromatic carbocycles. The number of nitrogens with zero attached hydrogens (tertiary/aromatic N) is 2. The fraction of sp³-hybridized carbons (Fsp3) is 0.500. The van der Waals surface area contributed by atoms with E-state index in [2.05, 4.69) is 15.0 Å². The lowest BCUT2D eigenvalue weighted by molar-refractivity contribution is -0.0472. The molecular weight excluding hydrogens is 262 g/mol. The molecule has 2 aromatic rings. The van der Waals surface area contributed by atoms with Gasteiger partial charge in [-0.1, -0.05) is 0 Å². The summed E-state index contributed by atoms with van der Waals surface area (Å²) >= 11 is 0. The summed E-state index contributed by atoms with van der Waals surface area (Å²) in [6.45, 7) is 0.607. The van der Waals surface area contributed by atoms with Crippen molar-refractivity contribution in [1.29, 1.82) is 0 Å².